The maximum absolute atomic E-state index is 13.0. The lowest BCUT2D eigenvalue weighted by Gasteiger charge is -2.27. The Morgan fingerprint density at radius 2 is 1.74 bits per heavy atom. The molecule has 1 aliphatic rings. The van der Waals surface area contributed by atoms with Crippen LogP contribution in [0.2, 0.25) is 0 Å². The van der Waals surface area contributed by atoms with E-state index in [1.165, 1.54) is 4.90 Å². The van der Waals surface area contributed by atoms with Gasteiger partial charge in [-0.25, -0.2) is 0 Å². The number of benzene rings is 2. The van der Waals surface area contributed by atoms with Gasteiger partial charge in [-0.3, -0.25) is 9.59 Å². The summed E-state index contributed by atoms with van der Waals surface area (Å²) in [5.74, 6) is -0.256. The number of likely N-dealkylation sites (tertiary alicyclic amines) is 1. The molecule has 0 aliphatic carbocycles. The third kappa shape index (κ3) is 4.58. The highest BCUT2D eigenvalue weighted by Gasteiger charge is 2.46. The minimum atomic E-state index is -0.721. The van der Waals surface area contributed by atoms with Crippen molar-refractivity contribution >= 4 is 17.4 Å². The van der Waals surface area contributed by atoms with Crippen molar-refractivity contribution in [3.8, 4) is 11.5 Å². The molecule has 0 spiro atoms. The molecule has 6 heteroatoms. The Morgan fingerprint density at radius 3 is 2.35 bits per heavy atom. The second-order valence-corrected chi connectivity index (χ2v) is 7.65. The first-order chi connectivity index (χ1) is 14.9. The summed E-state index contributed by atoms with van der Waals surface area (Å²) < 4.78 is 11.4. The monoisotopic (exact) mass is 423 g/mol. The number of ether oxygens (including phenoxy) is 2. The number of Topliss-reactive ketones (excluding diaryl/α,β-unsaturated/α-hetero) is 1. The fourth-order valence-electron chi connectivity index (χ4n) is 3.77. The highest BCUT2D eigenvalue weighted by atomic mass is 16.5. The van der Waals surface area contributed by atoms with Gasteiger partial charge in [-0.15, -0.1) is 0 Å². The van der Waals surface area contributed by atoms with Crippen molar-refractivity contribution in [2.75, 3.05) is 13.2 Å². The van der Waals surface area contributed by atoms with Crippen LogP contribution in [0.1, 0.15) is 51.3 Å². The molecule has 31 heavy (non-hydrogen) atoms. The van der Waals surface area contributed by atoms with Gasteiger partial charge in [0.25, 0.3) is 11.7 Å². The van der Waals surface area contributed by atoms with Gasteiger partial charge in [0.15, 0.2) is 0 Å². The van der Waals surface area contributed by atoms with Crippen LogP contribution in [0, 0.1) is 0 Å². The molecule has 2 aromatic rings. The average Bonchev–Trinajstić information content (AvgIpc) is 2.99. The zero-order chi connectivity index (χ0) is 22.5. The van der Waals surface area contributed by atoms with E-state index in [1.807, 2.05) is 52.0 Å². The number of aliphatic hydroxyl groups excluding tert-OH is 1. The molecule has 0 radical (unpaired) electrons. The van der Waals surface area contributed by atoms with Crippen LogP contribution in [0.25, 0.3) is 5.76 Å². The zero-order valence-corrected chi connectivity index (χ0v) is 18.4. The number of para-hydroxylation sites is 1. The number of nitrogens with zero attached hydrogens (tertiary/aromatic N) is 1. The molecule has 1 heterocycles. The van der Waals surface area contributed by atoms with E-state index in [9.17, 15) is 14.7 Å². The summed E-state index contributed by atoms with van der Waals surface area (Å²) in [7, 11) is 0. The summed E-state index contributed by atoms with van der Waals surface area (Å²) in [6, 6.07) is 13.4. The van der Waals surface area contributed by atoms with E-state index in [4.69, 9.17) is 9.47 Å². The predicted molar refractivity (Wildman–Crippen MR) is 119 cm³/mol. The topological polar surface area (TPSA) is 76.1 Å². The van der Waals surface area contributed by atoms with Gasteiger partial charge in [-0.1, -0.05) is 25.1 Å². The van der Waals surface area contributed by atoms with E-state index in [0.717, 1.165) is 0 Å². The molecule has 1 unspecified atom stereocenters. The standard InChI is InChI=1S/C25H29NO5/c1-5-15-26-22(19-9-7-8-10-20(19)31-16(3)4)21(24(28)25(26)29)23(27)17-11-13-18(14-12-17)30-6-2/h7-14,16,22,27H,5-6,15H2,1-4H3/b23-21-. The van der Waals surface area contributed by atoms with Crippen LogP contribution in [-0.4, -0.2) is 41.0 Å². The van der Waals surface area contributed by atoms with E-state index >= 15 is 0 Å². The first-order valence-electron chi connectivity index (χ1n) is 10.7. The summed E-state index contributed by atoms with van der Waals surface area (Å²) in [6.07, 6.45) is 0.598. The van der Waals surface area contributed by atoms with Crippen molar-refractivity contribution in [3.63, 3.8) is 0 Å². The summed E-state index contributed by atoms with van der Waals surface area (Å²) in [6.45, 7) is 8.59. The quantitative estimate of drug-likeness (QED) is 0.378. The third-order valence-electron chi connectivity index (χ3n) is 5.02. The van der Waals surface area contributed by atoms with Gasteiger partial charge in [0.1, 0.15) is 17.3 Å². The Bertz CT molecular complexity index is 978. The Kier molecular flexibility index (Phi) is 7.00. The second kappa shape index (κ2) is 9.69. The first-order valence-corrected chi connectivity index (χ1v) is 10.7. The van der Waals surface area contributed by atoms with E-state index in [2.05, 4.69) is 0 Å². The van der Waals surface area contributed by atoms with Crippen molar-refractivity contribution in [3.05, 3.63) is 65.2 Å². The van der Waals surface area contributed by atoms with Crippen molar-refractivity contribution in [2.24, 2.45) is 0 Å². The highest BCUT2D eigenvalue weighted by Crippen LogP contribution is 2.43. The van der Waals surface area contributed by atoms with Crippen LogP contribution in [-0.2, 0) is 9.59 Å². The van der Waals surface area contributed by atoms with Crippen LogP contribution in [0.5, 0.6) is 11.5 Å². The normalized spacial score (nSPS) is 18.0. The van der Waals surface area contributed by atoms with E-state index in [0.29, 0.717) is 42.2 Å². The molecule has 3 rings (SSSR count). The van der Waals surface area contributed by atoms with Gasteiger partial charge in [-0.2, -0.15) is 0 Å². The Morgan fingerprint density at radius 1 is 1.06 bits per heavy atom. The van der Waals surface area contributed by atoms with Crippen LogP contribution in [0.15, 0.2) is 54.1 Å². The minimum absolute atomic E-state index is 0.0717. The first kappa shape index (κ1) is 22.4. The molecular weight excluding hydrogens is 394 g/mol. The largest absolute Gasteiger partial charge is 0.507 e. The van der Waals surface area contributed by atoms with E-state index in [1.54, 1.807) is 24.3 Å². The Labute approximate surface area is 183 Å². The van der Waals surface area contributed by atoms with Crippen molar-refractivity contribution < 1.29 is 24.2 Å². The molecule has 1 saturated heterocycles. The molecule has 6 nitrogen and oxygen atoms in total. The van der Waals surface area contributed by atoms with Crippen molar-refractivity contribution in [2.45, 2.75) is 46.3 Å². The number of aliphatic hydroxyl groups is 1. The van der Waals surface area contributed by atoms with Gasteiger partial charge >= 0.3 is 0 Å². The second-order valence-electron chi connectivity index (χ2n) is 7.65. The maximum Gasteiger partial charge on any atom is 0.295 e. The third-order valence-corrected chi connectivity index (χ3v) is 5.02. The van der Waals surface area contributed by atoms with Gasteiger partial charge < -0.3 is 19.5 Å². The lowest BCUT2D eigenvalue weighted by molar-refractivity contribution is -0.139. The van der Waals surface area contributed by atoms with Gasteiger partial charge in [0.2, 0.25) is 0 Å². The molecule has 0 saturated carbocycles. The van der Waals surface area contributed by atoms with Crippen LogP contribution >= 0.6 is 0 Å². The smallest absolute Gasteiger partial charge is 0.295 e. The number of rotatable bonds is 8. The Hall–Kier alpha value is -3.28. The fraction of sp³-hybridized carbons (Fsp3) is 0.360. The average molecular weight is 424 g/mol. The molecule has 1 atom stereocenters. The molecule has 2 aromatic carbocycles. The lowest BCUT2D eigenvalue weighted by Crippen LogP contribution is -2.30. The number of hydrogen-bond donors (Lipinski definition) is 1. The number of ketones is 1. The number of carbonyl (C=O) groups is 2. The summed E-state index contributed by atoms with van der Waals surface area (Å²) in [5, 5.41) is 11.1. The summed E-state index contributed by atoms with van der Waals surface area (Å²) >= 11 is 0. The maximum atomic E-state index is 13.0. The van der Waals surface area contributed by atoms with Gasteiger partial charge in [0, 0.05) is 17.7 Å². The molecule has 1 fully saturated rings. The fourth-order valence-corrected chi connectivity index (χ4v) is 3.77. The van der Waals surface area contributed by atoms with Crippen molar-refractivity contribution in [1.82, 2.24) is 4.90 Å². The van der Waals surface area contributed by atoms with Crippen LogP contribution in [0.4, 0.5) is 0 Å². The molecule has 0 aromatic heterocycles. The van der Waals surface area contributed by atoms with Gasteiger partial charge in [0.05, 0.1) is 24.3 Å². The molecule has 164 valence electrons. The lowest BCUT2D eigenvalue weighted by atomic mass is 9.94. The molecule has 1 N–H and O–H groups in total. The highest BCUT2D eigenvalue weighted by molar-refractivity contribution is 6.46. The number of carbonyl (C=O) groups excluding carboxylic acids is 2. The summed E-state index contributed by atoms with van der Waals surface area (Å²) in [5.41, 5.74) is 1.20. The van der Waals surface area contributed by atoms with E-state index < -0.39 is 17.7 Å². The van der Waals surface area contributed by atoms with Crippen LogP contribution < -0.4 is 9.47 Å². The van der Waals surface area contributed by atoms with E-state index in [-0.39, 0.29) is 17.4 Å². The summed E-state index contributed by atoms with van der Waals surface area (Å²) in [4.78, 5) is 27.4. The predicted octanol–water partition coefficient (Wildman–Crippen LogP) is 4.70. The molecule has 0 bridgehead atoms. The number of hydrogen-bond acceptors (Lipinski definition) is 5. The Balaban J connectivity index is 2.16. The van der Waals surface area contributed by atoms with Crippen LogP contribution in [0.3, 0.4) is 0 Å². The van der Waals surface area contributed by atoms with Gasteiger partial charge in [-0.05, 0) is 57.5 Å². The van der Waals surface area contributed by atoms with Crippen molar-refractivity contribution in [1.29, 1.82) is 0 Å². The SMILES string of the molecule is CCCN1C(=O)C(=O)/C(=C(\O)c2ccc(OCC)cc2)C1c1ccccc1OC(C)C. The molecule has 1 aliphatic heterocycles. The molecular formula is C25H29NO5. The zero-order valence-electron chi connectivity index (χ0n) is 18.4. The molecule has 1 amide bonds. The number of amides is 1. The minimum Gasteiger partial charge on any atom is -0.507 e.